The van der Waals surface area contributed by atoms with Crippen LogP contribution < -0.4 is 11.1 Å². The van der Waals surface area contributed by atoms with Gasteiger partial charge in [0.15, 0.2) is 5.78 Å². The van der Waals surface area contributed by atoms with Crippen LogP contribution in [-0.4, -0.2) is 24.0 Å². The van der Waals surface area contributed by atoms with Crippen molar-refractivity contribution in [3.63, 3.8) is 0 Å². The van der Waals surface area contributed by atoms with E-state index in [2.05, 4.69) is 5.32 Å². The third-order valence-electron chi connectivity index (χ3n) is 2.29. The van der Waals surface area contributed by atoms with Gasteiger partial charge < -0.3 is 10.5 Å². The van der Waals surface area contributed by atoms with Crippen LogP contribution in [0.1, 0.15) is 37.6 Å². The summed E-state index contributed by atoms with van der Waals surface area (Å²) in [6.07, 6.45) is -0.340. The predicted octanol–water partition coefficient (Wildman–Crippen LogP) is 3.22. The van der Waals surface area contributed by atoms with Gasteiger partial charge in [-0.1, -0.05) is 11.6 Å². The molecule has 5 nitrogen and oxygen atoms in total. The average Bonchev–Trinajstić information content (AvgIpc) is 2.26. The lowest BCUT2D eigenvalue weighted by atomic mass is 10.1. The third kappa shape index (κ3) is 5.19. The van der Waals surface area contributed by atoms with E-state index in [1.54, 1.807) is 32.9 Å². The van der Waals surface area contributed by atoms with Crippen molar-refractivity contribution in [1.29, 1.82) is 0 Å². The van der Waals surface area contributed by atoms with E-state index in [-0.39, 0.29) is 23.8 Å². The van der Waals surface area contributed by atoms with E-state index in [4.69, 9.17) is 22.1 Å². The van der Waals surface area contributed by atoms with Gasteiger partial charge in [0.1, 0.15) is 5.60 Å². The lowest BCUT2D eigenvalue weighted by molar-refractivity contribution is 0.0636. The van der Waals surface area contributed by atoms with Gasteiger partial charge >= 0.3 is 6.09 Å². The van der Waals surface area contributed by atoms with Gasteiger partial charge in [-0.3, -0.25) is 10.1 Å². The summed E-state index contributed by atoms with van der Waals surface area (Å²) in [4.78, 5) is 23.3. The molecule has 0 aliphatic heterocycles. The quantitative estimate of drug-likeness (QED) is 0.836. The Morgan fingerprint density at radius 1 is 1.35 bits per heavy atom. The maximum atomic E-state index is 11.7. The minimum Gasteiger partial charge on any atom is -0.444 e. The molecule has 0 spiro atoms. The predicted molar refractivity (Wildman–Crippen MR) is 79.3 cm³/mol. The number of hydrogen-bond donors (Lipinski definition) is 2. The molecule has 0 saturated carbocycles. The largest absolute Gasteiger partial charge is 0.444 e. The number of carbonyl (C=O) groups is 2. The molecule has 20 heavy (non-hydrogen) atoms. The number of nitrogens with two attached hydrogens (primary N) is 1. The summed E-state index contributed by atoms with van der Waals surface area (Å²) in [6.45, 7) is 5.59. The highest BCUT2D eigenvalue weighted by Gasteiger charge is 2.17. The van der Waals surface area contributed by atoms with Gasteiger partial charge in [0, 0.05) is 17.7 Å². The Morgan fingerprint density at radius 2 is 2.00 bits per heavy atom. The molecule has 0 radical (unpaired) electrons. The Kier molecular flexibility index (Phi) is 5.53. The van der Waals surface area contributed by atoms with Crippen LogP contribution in [0.5, 0.6) is 0 Å². The molecule has 0 aliphatic rings. The SMILES string of the molecule is CC(C)(C)OC(=O)Nc1ccc(C(=O)CCN)c(Cl)c1. The number of rotatable bonds is 4. The molecule has 0 aromatic heterocycles. The maximum absolute atomic E-state index is 11.7. The second kappa shape index (κ2) is 6.72. The first-order valence-corrected chi connectivity index (χ1v) is 6.63. The topological polar surface area (TPSA) is 81.4 Å². The average molecular weight is 299 g/mol. The van der Waals surface area contributed by atoms with Crippen LogP contribution in [0.15, 0.2) is 18.2 Å². The van der Waals surface area contributed by atoms with Crippen LogP contribution in [0.3, 0.4) is 0 Å². The van der Waals surface area contributed by atoms with Gasteiger partial charge in [-0.15, -0.1) is 0 Å². The van der Waals surface area contributed by atoms with Crippen LogP contribution >= 0.6 is 11.6 Å². The molecule has 0 saturated heterocycles. The van der Waals surface area contributed by atoms with E-state index >= 15 is 0 Å². The van der Waals surface area contributed by atoms with Gasteiger partial charge in [-0.05, 0) is 45.5 Å². The molecule has 0 atom stereocenters. The van der Waals surface area contributed by atoms with Gasteiger partial charge in [-0.25, -0.2) is 4.79 Å². The fraction of sp³-hybridized carbons (Fsp3) is 0.429. The highest BCUT2D eigenvalue weighted by molar-refractivity contribution is 6.34. The molecule has 0 bridgehead atoms. The number of ether oxygens (including phenoxy) is 1. The van der Waals surface area contributed by atoms with E-state index < -0.39 is 11.7 Å². The minimum atomic E-state index is -0.578. The molecule has 1 rings (SSSR count). The van der Waals surface area contributed by atoms with Crippen LogP contribution in [0.2, 0.25) is 5.02 Å². The van der Waals surface area contributed by atoms with Crippen molar-refractivity contribution in [3.05, 3.63) is 28.8 Å². The molecule has 6 heteroatoms. The van der Waals surface area contributed by atoms with Crippen molar-refractivity contribution in [2.45, 2.75) is 32.8 Å². The van der Waals surface area contributed by atoms with Gasteiger partial charge in [0.25, 0.3) is 0 Å². The molecule has 0 fully saturated rings. The summed E-state index contributed by atoms with van der Waals surface area (Å²) in [6, 6.07) is 4.67. The minimum absolute atomic E-state index is 0.124. The first kappa shape index (κ1) is 16.5. The number of anilines is 1. The zero-order valence-corrected chi connectivity index (χ0v) is 12.6. The van der Waals surface area contributed by atoms with Gasteiger partial charge in [-0.2, -0.15) is 0 Å². The zero-order valence-electron chi connectivity index (χ0n) is 11.8. The lowest BCUT2D eigenvalue weighted by Crippen LogP contribution is -2.27. The van der Waals surface area contributed by atoms with E-state index in [1.165, 1.54) is 6.07 Å². The standard InChI is InChI=1S/C14H19ClN2O3/c1-14(2,3)20-13(19)17-9-4-5-10(11(15)8-9)12(18)6-7-16/h4-5,8H,6-7,16H2,1-3H3,(H,17,19). The molecular formula is C14H19ClN2O3. The smallest absolute Gasteiger partial charge is 0.412 e. The van der Waals surface area contributed by atoms with Crippen molar-refractivity contribution in [3.8, 4) is 0 Å². The van der Waals surface area contributed by atoms with E-state index in [9.17, 15) is 9.59 Å². The van der Waals surface area contributed by atoms with Crippen LogP contribution in [0.25, 0.3) is 0 Å². The molecule has 0 unspecified atom stereocenters. The molecule has 3 N–H and O–H groups in total. The Hall–Kier alpha value is -1.59. The number of nitrogens with one attached hydrogen (secondary N) is 1. The number of amides is 1. The Morgan fingerprint density at radius 3 is 2.50 bits per heavy atom. The fourth-order valence-electron chi connectivity index (χ4n) is 1.51. The normalized spacial score (nSPS) is 11.1. The number of halogens is 1. The summed E-state index contributed by atoms with van der Waals surface area (Å²) >= 11 is 6.02. The lowest BCUT2D eigenvalue weighted by Gasteiger charge is -2.19. The number of ketones is 1. The molecule has 1 aromatic rings. The second-order valence-electron chi connectivity index (χ2n) is 5.28. The molecule has 0 aliphatic carbocycles. The van der Waals surface area contributed by atoms with Gasteiger partial charge in [0.2, 0.25) is 0 Å². The number of hydrogen-bond acceptors (Lipinski definition) is 4. The number of Topliss-reactive ketones (excluding diaryl/α,β-unsaturated/α-hetero) is 1. The Balaban J connectivity index is 2.78. The first-order chi connectivity index (χ1) is 9.23. The summed E-state index contributed by atoms with van der Waals surface area (Å²) in [5.74, 6) is -0.124. The Labute approximate surface area is 123 Å². The van der Waals surface area contributed by atoms with E-state index in [1.807, 2.05) is 0 Å². The summed E-state index contributed by atoms with van der Waals surface area (Å²) in [7, 11) is 0. The van der Waals surface area contributed by atoms with Crippen molar-refractivity contribution in [1.82, 2.24) is 0 Å². The van der Waals surface area contributed by atoms with Crippen molar-refractivity contribution >= 4 is 29.2 Å². The first-order valence-electron chi connectivity index (χ1n) is 6.26. The molecule has 1 aromatic carbocycles. The highest BCUT2D eigenvalue weighted by atomic mass is 35.5. The van der Waals surface area contributed by atoms with Crippen LogP contribution in [0, 0.1) is 0 Å². The van der Waals surface area contributed by atoms with Gasteiger partial charge in [0.05, 0.1) is 5.02 Å². The molecule has 0 heterocycles. The Bertz CT molecular complexity index is 510. The monoisotopic (exact) mass is 298 g/mol. The summed E-state index contributed by atoms with van der Waals surface area (Å²) in [5.41, 5.74) is 5.62. The molecule has 1 amide bonds. The van der Waals surface area contributed by atoms with E-state index in [0.29, 0.717) is 11.3 Å². The third-order valence-corrected chi connectivity index (χ3v) is 2.60. The van der Waals surface area contributed by atoms with Crippen molar-refractivity contribution in [2.24, 2.45) is 5.73 Å². The van der Waals surface area contributed by atoms with Crippen molar-refractivity contribution < 1.29 is 14.3 Å². The fourth-order valence-corrected chi connectivity index (χ4v) is 1.79. The zero-order chi connectivity index (χ0) is 15.3. The summed E-state index contributed by atoms with van der Waals surface area (Å²) in [5, 5.41) is 2.83. The number of benzene rings is 1. The number of carbonyl (C=O) groups excluding carboxylic acids is 2. The highest BCUT2D eigenvalue weighted by Crippen LogP contribution is 2.22. The molecular weight excluding hydrogens is 280 g/mol. The van der Waals surface area contributed by atoms with Crippen molar-refractivity contribution in [2.75, 3.05) is 11.9 Å². The maximum Gasteiger partial charge on any atom is 0.412 e. The van der Waals surface area contributed by atoms with Crippen LogP contribution in [0.4, 0.5) is 10.5 Å². The summed E-state index contributed by atoms with van der Waals surface area (Å²) < 4.78 is 5.12. The van der Waals surface area contributed by atoms with E-state index in [0.717, 1.165) is 0 Å². The second-order valence-corrected chi connectivity index (χ2v) is 5.69. The molecule has 110 valence electrons. The van der Waals surface area contributed by atoms with Crippen LogP contribution in [-0.2, 0) is 4.74 Å².